The Morgan fingerprint density at radius 2 is 2.05 bits per heavy atom. The maximum Gasteiger partial charge on any atom is 0.0847 e. The predicted octanol–water partition coefficient (Wildman–Crippen LogP) is 3.59. The highest BCUT2D eigenvalue weighted by Gasteiger charge is 2.53. The van der Waals surface area contributed by atoms with Crippen molar-refractivity contribution in [2.24, 2.45) is 30.2 Å². The van der Waals surface area contributed by atoms with Gasteiger partial charge >= 0.3 is 0 Å². The molecule has 1 heterocycles. The summed E-state index contributed by atoms with van der Waals surface area (Å²) in [7, 11) is 2.03. The number of hydrogen-bond donors (Lipinski definition) is 1. The van der Waals surface area contributed by atoms with Crippen LogP contribution in [0, 0.1) is 30.1 Å². The second-order valence-electron chi connectivity index (χ2n) is 7.84. The van der Waals surface area contributed by atoms with E-state index in [4.69, 9.17) is 11.6 Å². The van der Waals surface area contributed by atoms with E-state index < -0.39 is 0 Å². The van der Waals surface area contributed by atoms with E-state index in [1.54, 1.807) is 0 Å². The topological polar surface area (TPSA) is 29.9 Å². The van der Waals surface area contributed by atoms with Crippen LogP contribution in [0.3, 0.4) is 0 Å². The van der Waals surface area contributed by atoms with Gasteiger partial charge in [0.2, 0.25) is 0 Å². The van der Waals surface area contributed by atoms with Crippen molar-refractivity contribution < 1.29 is 0 Å². The normalized spacial score (nSPS) is 31.0. The Hall–Kier alpha value is -0.540. The largest absolute Gasteiger partial charge is 0.316 e. The predicted molar refractivity (Wildman–Crippen MR) is 87.6 cm³/mol. The number of hydrogen-bond acceptors (Lipinski definition) is 2. The highest BCUT2D eigenvalue weighted by atomic mass is 35.5. The summed E-state index contributed by atoms with van der Waals surface area (Å²) in [5, 5.41) is 9.06. The Labute approximate surface area is 133 Å². The summed E-state index contributed by atoms with van der Waals surface area (Å²) in [5.74, 6) is 2.68. The van der Waals surface area contributed by atoms with Crippen LogP contribution < -0.4 is 5.32 Å². The molecule has 2 aliphatic carbocycles. The van der Waals surface area contributed by atoms with Crippen LogP contribution in [0.4, 0.5) is 0 Å². The fourth-order valence-electron chi connectivity index (χ4n) is 4.21. The Bertz CT molecular complexity index is 510. The van der Waals surface area contributed by atoms with Gasteiger partial charge in [-0.05, 0) is 62.3 Å². The summed E-state index contributed by atoms with van der Waals surface area (Å²) in [6.45, 7) is 8.77. The summed E-state index contributed by atoms with van der Waals surface area (Å²) in [4.78, 5) is 0. The van der Waals surface area contributed by atoms with Crippen LogP contribution in [-0.2, 0) is 13.5 Å². The molecule has 21 heavy (non-hydrogen) atoms. The van der Waals surface area contributed by atoms with Gasteiger partial charge in [0.1, 0.15) is 0 Å². The average Bonchev–Trinajstić information content (AvgIpc) is 2.95. The van der Waals surface area contributed by atoms with Gasteiger partial charge in [0, 0.05) is 13.6 Å². The number of rotatable bonds is 6. The van der Waals surface area contributed by atoms with E-state index in [0.29, 0.717) is 11.3 Å². The summed E-state index contributed by atoms with van der Waals surface area (Å²) in [6, 6.07) is 0. The highest BCUT2D eigenvalue weighted by molar-refractivity contribution is 6.31. The molecular formula is C17H28ClN3. The Kier molecular flexibility index (Phi) is 4.08. The Balaban J connectivity index is 1.73. The fourth-order valence-corrected chi connectivity index (χ4v) is 4.44. The van der Waals surface area contributed by atoms with Crippen molar-refractivity contribution in [3.63, 3.8) is 0 Å². The van der Waals surface area contributed by atoms with E-state index in [1.807, 2.05) is 18.7 Å². The molecule has 0 radical (unpaired) electrons. The molecule has 1 N–H and O–H groups in total. The quantitative estimate of drug-likeness (QED) is 0.870. The SMILES string of the molecule is Cc1nn(C)c(CC2(CNCC(C)C)CC3CC3C2)c1Cl. The van der Waals surface area contributed by atoms with Crippen molar-refractivity contribution in [3.05, 3.63) is 16.4 Å². The zero-order chi connectivity index (χ0) is 15.2. The van der Waals surface area contributed by atoms with Gasteiger partial charge < -0.3 is 5.32 Å². The first-order valence-corrected chi connectivity index (χ1v) is 8.67. The first kappa shape index (κ1) is 15.4. The van der Waals surface area contributed by atoms with E-state index in [-0.39, 0.29) is 0 Å². The number of aryl methyl sites for hydroxylation is 2. The lowest BCUT2D eigenvalue weighted by Gasteiger charge is -2.32. The zero-order valence-electron chi connectivity index (χ0n) is 13.7. The van der Waals surface area contributed by atoms with Gasteiger partial charge in [0.25, 0.3) is 0 Å². The molecule has 0 aromatic carbocycles. The Morgan fingerprint density at radius 3 is 2.57 bits per heavy atom. The van der Waals surface area contributed by atoms with Crippen LogP contribution in [0.25, 0.3) is 0 Å². The summed E-state index contributed by atoms with van der Waals surface area (Å²) < 4.78 is 1.99. The molecule has 1 aromatic rings. The molecule has 3 rings (SSSR count). The lowest BCUT2D eigenvalue weighted by Crippen LogP contribution is -2.37. The van der Waals surface area contributed by atoms with Gasteiger partial charge in [0.15, 0.2) is 0 Å². The minimum absolute atomic E-state index is 0.395. The van der Waals surface area contributed by atoms with E-state index in [2.05, 4.69) is 24.3 Å². The average molecular weight is 310 g/mol. The minimum Gasteiger partial charge on any atom is -0.316 e. The summed E-state index contributed by atoms with van der Waals surface area (Å²) in [6.07, 6.45) is 5.26. The molecule has 0 aliphatic heterocycles. The second-order valence-corrected chi connectivity index (χ2v) is 8.21. The summed E-state index contributed by atoms with van der Waals surface area (Å²) in [5.41, 5.74) is 2.58. The smallest absolute Gasteiger partial charge is 0.0847 e. The van der Waals surface area contributed by atoms with Crippen LogP contribution in [0.1, 0.15) is 44.5 Å². The van der Waals surface area contributed by atoms with Crippen molar-refractivity contribution in [1.82, 2.24) is 15.1 Å². The third kappa shape index (κ3) is 3.14. The van der Waals surface area contributed by atoms with E-state index >= 15 is 0 Å². The molecule has 118 valence electrons. The number of nitrogens with zero attached hydrogens (tertiary/aromatic N) is 2. The monoisotopic (exact) mass is 309 g/mol. The van der Waals surface area contributed by atoms with Crippen molar-refractivity contribution in [2.75, 3.05) is 13.1 Å². The van der Waals surface area contributed by atoms with Crippen molar-refractivity contribution in [3.8, 4) is 0 Å². The number of nitrogens with one attached hydrogen (secondary N) is 1. The number of halogens is 1. The zero-order valence-corrected chi connectivity index (χ0v) is 14.5. The van der Waals surface area contributed by atoms with Crippen molar-refractivity contribution >= 4 is 11.6 Å². The van der Waals surface area contributed by atoms with Crippen LogP contribution >= 0.6 is 11.6 Å². The maximum atomic E-state index is 6.48. The maximum absolute atomic E-state index is 6.48. The molecule has 0 bridgehead atoms. The molecule has 2 atom stereocenters. The van der Waals surface area contributed by atoms with Gasteiger partial charge in [-0.2, -0.15) is 5.10 Å². The van der Waals surface area contributed by atoms with E-state index in [0.717, 1.165) is 42.1 Å². The third-order valence-electron chi connectivity index (χ3n) is 5.32. The van der Waals surface area contributed by atoms with E-state index in [1.165, 1.54) is 25.0 Å². The first-order valence-electron chi connectivity index (χ1n) is 8.29. The molecule has 0 amide bonds. The fraction of sp³-hybridized carbons (Fsp3) is 0.824. The van der Waals surface area contributed by atoms with Gasteiger partial charge in [-0.1, -0.05) is 25.4 Å². The Morgan fingerprint density at radius 1 is 1.38 bits per heavy atom. The molecule has 2 aliphatic rings. The van der Waals surface area contributed by atoms with Crippen molar-refractivity contribution in [1.29, 1.82) is 0 Å². The third-order valence-corrected chi connectivity index (χ3v) is 5.81. The van der Waals surface area contributed by atoms with Crippen LogP contribution in [0.15, 0.2) is 0 Å². The van der Waals surface area contributed by atoms with Crippen LogP contribution in [-0.4, -0.2) is 22.9 Å². The van der Waals surface area contributed by atoms with Gasteiger partial charge in [-0.25, -0.2) is 0 Å². The van der Waals surface area contributed by atoms with Crippen LogP contribution in [0.2, 0.25) is 5.02 Å². The van der Waals surface area contributed by atoms with Gasteiger partial charge in [-0.3, -0.25) is 4.68 Å². The standard InChI is InChI=1S/C17H28ClN3/c1-11(2)9-19-10-17(6-13-5-14(13)7-17)8-15-16(18)12(3)20-21(15)4/h11,13-14,19H,5-10H2,1-4H3. The molecule has 2 unspecified atom stereocenters. The molecule has 0 spiro atoms. The second kappa shape index (κ2) is 5.58. The molecule has 3 nitrogen and oxygen atoms in total. The molecule has 0 saturated heterocycles. The van der Waals surface area contributed by atoms with E-state index in [9.17, 15) is 0 Å². The molecule has 1 aromatic heterocycles. The number of aromatic nitrogens is 2. The van der Waals surface area contributed by atoms with Crippen molar-refractivity contribution in [2.45, 2.75) is 46.5 Å². The highest BCUT2D eigenvalue weighted by Crippen LogP contribution is 2.60. The number of fused-ring (bicyclic) bond motifs is 1. The van der Waals surface area contributed by atoms with Gasteiger partial charge in [0.05, 0.1) is 16.4 Å². The van der Waals surface area contributed by atoms with Gasteiger partial charge in [-0.15, -0.1) is 0 Å². The lowest BCUT2D eigenvalue weighted by molar-refractivity contribution is 0.240. The first-order chi connectivity index (χ1) is 9.90. The molecule has 4 heteroatoms. The molecule has 2 saturated carbocycles. The lowest BCUT2D eigenvalue weighted by atomic mass is 9.78. The minimum atomic E-state index is 0.395. The molecular weight excluding hydrogens is 282 g/mol. The summed E-state index contributed by atoms with van der Waals surface area (Å²) >= 11 is 6.48. The van der Waals surface area contributed by atoms with Crippen LogP contribution in [0.5, 0.6) is 0 Å². The molecule has 2 fully saturated rings.